The Morgan fingerprint density at radius 2 is 2.09 bits per heavy atom. The number of nitrogens with one attached hydrogen (secondary N) is 3. The van der Waals surface area contributed by atoms with Gasteiger partial charge in [-0.05, 0) is 30.9 Å². The standard InChI is InChI=1S/C18H27N3O2/c1-22-16-8-7-15(13-23-17-11-20-21-12-17)18(9-16)19-10-14-5-3-2-4-6-14/h7-9,11,14,19-21H,2-6,10,12-13H2,1H3. The van der Waals surface area contributed by atoms with Crippen molar-refractivity contribution in [2.24, 2.45) is 5.92 Å². The zero-order valence-corrected chi connectivity index (χ0v) is 13.9. The first-order chi connectivity index (χ1) is 11.3. The average Bonchev–Trinajstić information content (AvgIpc) is 3.13. The van der Waals surface area contributed by atoms with Gasteiger partial charge in [-0.3, -0.25) is 0 Å². The second-order valence-corrected chi connectivity index (χ2v) is 6.31. The summed E-state index contributed by atoms with van der Waals surface area (Å²) >= 11 is 0. The number of hydrazine groups is 1. The van der Waals surface area contributed by atoms with Crippen molar-refractivity contribution in [3.05, 3.63) is 35.7 Å². The summed E-state index contributed by atoms with van der Waals surface area (Å²) in [6.07, 6.45) is 8.67. The summed E-state index contributed by atoms with van der Waals surface area (Å²) in [5, 5.41) is 3.62. The number of anilines is 1. The zero-order valence-electron chi connectivity index (χ0n) is 13.9. The zero-order chi connectivity index (χ0) is 15.9. The number of hydrogen-bond donors (Lipinski definition) is 3. The van der Waals surface area contributed by atoms with Crippen LogP contribution in [0.2, 0.25) is 0 Å². The average molecular weight is 317 g/mol. The van der Waals surface area contributed by atoms with Crippen molar-refractivity contribution in [1.29, 1.82) is 0 Å². The Balaban J connectivity index is 1.62. The van der Waals surface area contributed by atoms with E-state index in [4.69, 9.17) is 9.47 Å². The van der Waals surface area contributed by atoms with Gasteiger partial charge in [0.25, 0.3) is 0 Å². The fourth-order valence-electron chi connectivity index (χ4n) is 3.20. The Hall–Kier alpha value is -1.88. The molecule has 3 N–H and O–H groups in total. The van der Waals surface area contributed by atoms with Crippen molar-refractivity contribution in [2.45, 2.75) is 38.7 Å². The lowest BCUT2D eigenvalue weighted by atomic mass is 9.89. The monoisotopic (exact) mass is 317 g/mol. The van der Waals surface area contributed by atoms with Crippen molar-refractivity contribution < 1.29 is 9.47 Å². The predicted molar refractivity (Wildman–Crippen MR) is 92.1 cm³/mol. The number of rotatable bonds is 7. The molecule has 1 saturated carbocycles. The lowest BCUT2D eigenvalue weighted by molar-refractivity contribution is 0.197. The molecule has 0 radical (unpaired) electrons. The molecule has 126 valence electrons. The van der Waals surface area contributed by atoms with Gasteiger partial charge in [-0.25, -0.2) is 5.43 Å². The minimum Gasteiger partial charge on any atom is -0.497 e. The number of hydrogen-bond acceptors (Lipinski definition) is 5. The fraction of sp³-hybridized carbons (Fsp3) is 0.556. The van der Waals surface area contributed by atoms with Crippen molar-refractivity contribution in [3.8, 4) is 5.75 Å². The van der Waals surface area contributed by atoms with E-state index in [0.717, 1.165) is 41.8 Å². The first-order valence-electron chi connectivity index (χ1n) is 8.56. The maximum absolute atomic E-state index is 5.85. The minimum atomic E-state index is 0.562. The summed E-state index contributed by atoms with van der Waals surface area (Å²) in [5.41, 5.74) is 8.22. The van der Waals surface area contributed by atoms with Crippen molar-refractivity contribution in [1.82, 2.24) is 10.9 Å². The van der Waals surface area contributed by atoms with E-state index in [1.54, 1.807) is 7.11 Å². The van der Waals surface area contributed by atoms with Gasteiger partial charge < -0.3 is 20.2 Å². The minimum absolute atomic E-state index is 0.562. The molecule has 1 aromatic rings. The maximum Gasteiger partial charge on any atom is 0.129 e. The van der Waals surface area contributed by atoms with Crippen LogP contribution in [0.3, 0.4) is 0 Å². The quantitative estimate of drug-likeness (QED) is 0.721. The van der Waals surface area contributed by atoms with Gasteiger partial charge in [0.1, 0.15) is 18.1 Å². The van der Waals surface area contributed by atoms with Crippen molar-refractivity contribution in [3.63, 3.8) is 0 Å². The van der Waals surface area contributed by atoms with Gasteiger partial charge in [0.15, 0.2) is 0 Å². The Labute approximate surface area is 138 Å². The molecule has 1 aliphatic carbocycles. The van der Waals surface area contributed by atoms with E-state index in [1.165, 1.54) is 32.1 Å². The molecular formula is C18H27N3O2. The highest BCUT2D eigenvalue weighted by Gasteiger charge is 2.14. The van der Waals surface area contributed by atoms with Crippen molar-refractivity contribution in [2.75, 3.05) is 25.5 Å². The third-order valence-corrected chi connectivity index (χ3v) is 4.63. The third-order valence-electron chi connectivity index (χ3n) is 4.63. The molecule has 0 saturated heterocycles. The highest BCUT2D eigenvalue weighted by molar-refractivity contribution is 5.55. The maximum atomic E-state index is 5.85. The van der Waals surface area contributed by atoms with Gasteiger partial charge >= 0.3 is 0 Å². The first kappa shape index (κ1) is 16.0. The molecule has 1 aromatic carbocycles. The molecule has 2 aliphatic rings. The molecule has 0 bridgehead atoms. The molecule has 0 spiro atoms. The summed E-state index contributed by atoms with van der Waals surface area (Å²) in [6.45, 7) is 2.32. The molecule has 23 heavy (non-hydrogen) atoms. The molecule has 1 heterocycles. The second-order valence-electron chi connectivity index (χ2n) is 6.31. The molecular weight excluding hydrogens is 290 g/mol. The smallest absolute Gasteiger partial charge is 0.129 e. The van der Waals surface area contributed by atoms with Crippen LogP contribution >= 0.6 is 0 Å². The van der Waals surface area contributed by atoms with Gasteiger partial charge in [0, 0.05) is 23.9 Å². The van der Waals surface area contributed by atoms with E-state index in [-0.39, 0.29) is 0 Å². The summed E-state index contributed by atoms with van der Waals surface area (Å²) in [4.78, 5) is 0. The number of benzene rings is 1. The van der Waals surface area contributed by atoms with E-state index >= 15 is 0 Å². The molecule has 0 amide bonds. The van der Waals surface area contributed by atoms with Crippen molar-refractivity contribution >= 4 is 5.69 Å². The van der Waals surface area contributed by atoms with Crippen LogP contribution in [0.15, 0.2) is 30.2 Å². The molecule has 0 unspecified atom stereocenters. The number of methoxy groups -OCH3 is 1. The Morgan fingerprint density at radius 3 is 2.83 bits per heavy atom. The highest BCUT2D eigenvalue weighted by Crippen LogP contribution is 2.27. The molecule has 1 aliphatic heterocycles. The molecule has 1 fully saturated rings. The second kappa shape index (κ2) is 8.11. The Morgan fingerprint density at radius 1 is 1.22 bits per heavy atom. The van der Waals surface area contributed by atoms with Gasteiger partial charge in [-0.1, -0.05) is 19.3 Å². The normalized spacial score (nSPS) is 18.2. The van der Waals surface area contributed by atoms with Crippen LogP contribution in [0, 0.1) is 5.92 Å². The van der Waals surface area contributed by atoms with Crippen LogP contribution in [-0.4, -0.2) is 20.2 Å². The molecule has 0 atom stereocenters. The van der Waals surface area contributed by atoms with Gasteiger partial charge in [-0.15, -0.1) is 0 Å². The van der Waals surface area contributed by atoms with Gasteiger partial charge in [0.05, 0.1) is 19.9 Å². The van der Waals surface area contributed by atoms with Gasteiger partial charge in [-0.2, -0.15) is 0 Å². The molecule has 5 nitrogen and oxygen atoms in total. The Kier molecular flexibility index (Phi) is 5.64. The summed E-state index contributed by atoms with van der Waals surface area (Å²) in [5.74, 6) is 2.59. The van der Waals surface area contributed by atoms with Crippen LogP contribution in [0.1, 0.15) is 37.7 Å². The van der Waals surface area contributed by atoms with E-state index in [9.17, 15) is 0 Å². The SMILES string of the molecule is COc1ccc(COC2=CNNC2)c(NCC2CCCCC2)c1. The third kappa shape index (κ3) is 4.55. The van der Waals surface area contributed by atoms with Crippen LogP contribution in [0.4, 0.5) is 5.69 Å². The molecule has 0 aromatic heterocycles. The van der Waals surface area contributed by atoms with Crippen LogP contribution in [0.25, 0.3) is 0 Å². The lowest BCUT2D eigenvalue weighted by Crippen LogP contribution is -2.20. The molecule has 3 rings (SSSR count). The molecule has 5 heteroatoms. The highest BCUT2D eigenvalue weighted by atomic mass is 16.5. The van der Waals surface area contributed by atoms with E-state index in [0.29, 0.717) is 6.61 Å². The Bertz CT molecular complexity index is 539. The fourth-order valence-corrected chi connectivity index (χ4v) is 3.20. The lowest BCUT2D eigenvalue weighted by Gasteiger charge is -2.23. The first-order valence-corrected chi connectivity index (χ1v) is 8.56. The largest absolute Gasteiger partial charge is 0.497 e. The van der Waals surface area contributed by atoms with E-state index in [2.05, 4.69) is 28.3 Å². The van der Waals surface area contributed by atoms with Gasteiger partial charge in [0.2, 0.25) is 0 Å². The summed E-state index contributed by atoms with van der Waals surface area (Å²) < 4.78 is 11.2. The van der Waals surface area contributed by atoms with Crippen LogP contribution < -0.4 is 20.9 Å². The summed E-state index contributed by atoms with van der Waals surface area (Å²) in [6, 6.07) is 6.14. The van der Waals surface area contributed by atoms with Crippen LogP contribution in [-0.2, 0) is 11.3 Å². The predicted octanol–water partition coefficient (Wildman–Crippen LogP) is 3.15. The van der Waals surface area contributed by atoms with E-state index in [1.807, 2.05) is 12.3 Å². The van der Waals surface area contributed by atoms with Crippen LogP contribution in [0.5, 0.6) is 5.75 Å². The van der Waals surface area contributed by atoms with E-state index < -0.39 is 0 Å². The number of ether oxygens (including phenoxy) is 2. The topological polar surface area (TPSA) is 54.6 Å². The summed E-state index contributed by atoms with van der Waals surface area (Å²) in [7, 11) is 1.71.